The van der Waals surface area contributed by atoms with Crippen LogP contribution in [0.15, 0.2) is 0 Å². The first kappa shape index (κ1) is 7.98. The van der Waals surface area contributed by atoms with Crippen molar-refractivity contribution in [2.24, 2.45) is 0 Å². The van der Waals surface area contributed by atoms with Gasteiger partial charge in [0.15, 0.2) is 0 Å². The van der Waals surface area contributed by atoms with Gasteiger partial charge in [0.05, 0.1) is 13.2 Å². The average Bonchev–Trinajstić information content (AvgIpc) is 2.05. The Labute approximate surface area is 62.5 Å². The SMILES string of the molecule is [CH2]N(CC)N1CCOCC1. The number of hydrogen-bond donors (Lipinski definition) is 0. The van der Waals surface area contributed by atoms with Gasteiger partial charge in [-0.05, 0) is 0 Å². The molecule has 0 unspecified atom stereocenters. The number of rotatable bonds is 2. The maximum atomic E-state index is 5.20. The van der Waals surface area contributed by atoms with E-state index in [9.17, 15) is 0 Å². The van der Waals surface area contributed by atoms with Gasteiger partial charge in [0.2, 0.25) is 0 Å². The van der Waals surface area contributed by atoms with Crippen LogP contribution in [0.25, 0.3) is 0 Å². The van der Waals surface area contributed by atoms with Crippen molar-refractivity contribution in [2.75, 3.05) is 32.8 Å². The van der Waals surface area contributed by atoms with Gasteiger partial charge in [-0.1, -0.05) is 6.92 Å². The summed E-state index contributed by atoms with van der Waals surface area (Å²) in [6.45, 7) is 6.72. The van der Waals surface area contributed by atoms with Crippen molar-refractivity contribution in [1.29, 1.82) is 0 Å². The molecule has 10 heavy (non-hydrogen) atoms. The van der Waals surface area contributed by atoms with Gasteiger partial charge in [-0.15, -0.1) is 0 Å². The predicted octanol–water partition coefficient (Wildman–Crippen LogP) is 0.347. The Morgan fingerprint density at radius 2 is 2.10 bits per heavy atom. The number of hydrogen-bond acceptors (Lipinski definition) is 3. The van der Waals surface area contributed by atoms with Gasteiger partial charge in [0, 0.05) is 26.7 Å². The molecule has 0 saturated carbocycles. The van der Waals surface area contributed by atoms with Crippen molar-refractivity contribution in [3.8, 4) is 0 Å². The first-order valence-electron chi connectivity index (χ1n) is 3.75. The van der Waals surface area contributed by atoms with E-state index in [2.05, 4.69) is 19.0 Å². The lowest BCUT2D eigenvalue weighted by atomic mass is 10.5. The third-order valence-electron chi connectivity index (χ3n) is 1.75. The highest BCUT2D eigenvalue weighted by molar-refractivity contribution is 4.59. The molecule has 0 aromatic rings. The molecule has 1 saturated heterocycles. The number of morpholine rings is 1. The first-order valence-corrected chi connectivity index (χ1v) is 3.75. The first-order chi connectivity index (χ1) is 4.84. The lowest BCUT2D eigenvalue weighted by molar-refractivity contribution is -0.0623. The zero-order valence-electron chi connectivity index (χ0n) is 6.55. The van der Waals surface area contributed by atoms with Crippen LogP contribution >= 0.6 is 0 Å². The number of ether oxygens (including phenoxy) is 1. The van der Waals surface area contributed by atoms with E-state index in [4.69, 9.17) is 4.74 Å². The molecule has 1 aliphatic heterocycles. The minimum Gasteiger partial charge on any atom is -0.379 e. The Kier molecular flexibility index (Phi) is 3.12. The highest BCUT2D eigenvalue weighted by Gasteiger charge is 2.12. The Morgan fingerprint density at radius 3 is 2.60 bits per heavy atom. The van der Waals surface area contributed by atoms with E-state index in [1.165, 1.54) is 0 Å². The summed E-state index contributed by atoms with van der Waals surface area (Å²) >= 11 is 0. The van der Waals surface area contributed by atoms with E-state index in [-0.39, 0.29) is 0 Å². The van der Waals surface area contributed by atoms with Gasteiger partial charge in [-0.2, -0.15) is 0 Å². The van der Waals surface area contributed by atoms with Crippen LogP contribution < -0.4 is 0 Å². The van der Waals surface area contributed by atoms with Crippen molar-refractivity contribution in [3.63, 3.8) is 0 Å². The molecule has 3 heteroatoms. The topological polar surface area (TPSA) is 15.7 Å². The molecule has 0 amide bonds. The molecule has 59 valence electrons. The standard InChI is InChI=1S/C7H15N2O/c1-3-8(2)9-4-6-10-7-5-9/h2-7H2,1H3. The molecular weight excluding hydrogens is 128 g/mol. The molecule has 0 aromatic heterocycles. The minimum atomic E-state index is 0.839. The van der Waals surface area contributed by atoms with Crippen molar-refractivity contribution >= 4 is 0 Å². The highest BCUT2D eigenvalue weighted by atomic mass is 16.5. The van der Waals surface area contributed by atoms with Crippen LogP contribution in [0.5, 0.6) is 0 Å². The van der Waals surface area contributed by atoms with Crippen LogP contribution in [-0.2, 0) is 4.74 Å². The fraction of sp³-hybridized carbons (Fsp3) is 0.857. The van der Waals surface area contributed by atoms with Crippen LogP contribution in [0.2, 0.25) is 0 Å². The van der Waals surface area contributed by atoms with E-state index in [1.54, 1.807) is 0 Å². The van der Waals surface area contributed by atoms with Gasteiger partial charge < -0.3 is 4.74 Å². The Hall–Kier alpha value is -0.120. The summed E-state index contributed by atoms with van der Waals surface area (Å²) in [5.74, 6) is 0. The fourth-order valence-corrected chi connectivity index (χ4v) is 1.04. The summed E-state index contributed by atoms with van der Waals surface area (Å²) < 4.78 is 5.20. The molecule has 1 aliphatic rings. The molecule has 1 heterocycles. The van der Waals surface area contributed by atoms with Gasteiger partial charge in [0.1, 0.15) is 0 Å². The van der Waals surface area contributed by atoms with E-state index in [0.717, 1.165) is 32.8 Å². The van der Waals surface area contributed by atoms with Crippen molar-refractivity contribution in [1.82, 2.24) is 10.0 Å². The van der Waals surface area contributed by atoms with Gasteiger partial charge in [0.25, 0.3) is 0 Å². The maximum absolute atomic E-state index is 5.20. The van der Waals surface area contributed by atoms with E-state index < -0.39 is 0 Å². The molecule has 0 atom stereocenters. The number of hydrazine groups is 1. The molecule has 0 bridgehead atoms. The second kappa shape index (κ2) is 3.91. The molecule has 0 aromatic carbocycles. The Balaban J connectivity index is 2.24. The van der Waals surface area contributed by atoms with Crippen LogP contribution in [0.3, 0.4) is 0 Å². The molecule has 1 fully saturated rings. The molecule has 0 aliphatic carbocycles. The van der Waals surface area contributed by atoms with Gasteiger partial charge >= 0.3 is 0 Å². The highest BCUT2D eigenvalue weighted by Crippen LogP contribution is 1.99. The normalized spacial score (nSPS) is 21.9. The quantitative estimate of drug-likeness (QED) is 0.554. The summed E-state index contributed by atoms with van der Waals surface area (Å²) in [5, 5.41) is 4.20. The summed E-state index contributed by atoms with van der Waals surface area (Å²) in [4.78, 5) is 0. The van der Waals surface area contributed by atoms with Crippen LogP contribution in [0, 0.1) is 7.05 Å². The second-order valence-corrected chi connectivity index (χ2v) is 2.39. The van der Waals surface area contributed by atoms with Crippen molar-refractivity contribution < 1.29 is 4.74 Å². The zero-order valence-corrected chi connectivity index (χ0v) is 6.55. The number of nitrogens with zero attached hydrogens (tertiary/aromatic N) is 2. The molecule has 0 N–H and O–H groups in total. The zero-order chi connectivity index (χ0) is 7.40. The average molecular weight is 143 g/mol. The third kappa shape index (κ3) is 1.94. The van der Waals surface area contributed by atoms with Crippen molar-refractivity contribution in [3.05, 3.63) is 7.05 Å². The van der Waals surface area contributed by atoms with E-state index in [0.29, 0.717) is 0 Å². The van der Waals surface area contributed by atoms with Gasteiger partial charge in [-0.3, -0.25) is 0 Å². The lowest BCUT2D eigenvalue weighted by Gasteiger charge is -2.33. The fourth-order valence-electron chi connectivity index (χ4n) is 1.04. The van der Waals surface area contributed by atoms with Crippen molar-refractivity contribution in [2.45, 2.75) is 6.92 Å². The Morgan fingerprint density at radius 1 is 1.50 bits per heavy atom. The Bertz CT molecular complexity index is 91.6. The summed E-state index contributed by atoms with van der Waals surface area (Å²) in [6.07, 6.45) is 0. The summed E-state index contributed by atoms with van der Waals surface area (Å²) in [5.41, 5.74) is 0. The third-order valence-corrected chi connectivity index (χ3v) is 1.75. The second-order valence-electron chi connectivity index (χ2n) is 2.39. The van der Waals surface area contributed by atoms with E-state index >= 15 is 0 Å². The molecule has 1 radical (unpaired) electrons. The monoisotopic (exact) mass is 143 g/mol. The van der Waals surface area contributed by atoms with Gasteiger partial charge in [-0.25, -0.2) is 10.0 Å². The van der Waals surface area contributed by atoms with Crippen LogP contribution in [0.4, 0.5) is 0 Å². The molecule has 1 rings (SSSR count). The largest absolute Gasteiger partial charge is 0.379 e. The molecule has 0 spiro atoms. The minimum absolute atomic E-state index is 0.839. The predicted molar refractivity (Wildman–Crippen MR) is 40.1 cm³/mol. The summed E-state index contributed by atoms with van der Waals surface area (Å²) in [7, 11) is 3.88. The molecule has 3 nitrogen and oxygen atoms in total. The molecular formula is C7H15N2O. The lowest BCUT2D eigenvalue weighted by Crippen LogP contribution is -2.45. The van der Waals surface area contributed by atoms with Crippen LogP contribution in [0.1, 0.15) is 6.92 Å². The maximum Gasteiger partial charge on any atom is 0.0608 e. The summed E-state index contributed by atoms with van der Waals surface area (Å²) in [6, 6.07) is 0. The smallest absolute Gasteiger partial charge is 0.0608 e. The van der Waals surface area contributed by atoms with Crippen LogP contribution in [-0.4, -0.2) is 42.9 Å². The van der Waals surface area contributed by atoms with E-state index in [1.807, 2.05) is 5.01 Å².